The summed E-state index contributed by atoms with van der Waals surface area (Å²) < 4.78 is 165. The van der Waals surface area contributed by atoms with Gasteiger partial charge in [-0.05, 0) is 366 Å². The summed E-state index contributed by atoms with van der Waals surface area (Å²) in [5, 5.41) is 75.2. The maximum Gasteiger partial charge on any atom is 0.489 e. The van der Waals surface area contributed by atoms with Crippen molar-refractivity contribution in [2.75, 3.05) is 0 Å². The summed E-state index contributed by atoms with van der Waals surface area (Å²) in [5.74, 6) is -0.287. The summed E-state index contributed by atoms with van der Waals surface area (Å²) in [5.41, 5.74) is 4.86. The number of fused-ring (bicyclic) bond motifs is 20. The molecule has 28 aromatic rings. The van der Waals surface area contributed by atoms with E-state index in [0.29, 0.717) is 35.0 Å². The predicted octanol–water partition coefficient (Wildman–Crippen LogP) is 34.9. The molecule has 7 nitrogen and oxygen atoms in total. The third-order valence-corrected chi connectivity index (χ3v) is 29.7. The van der Waals surface area contributed by atoms with Crippen LogP contribution in [0.1, 0.15) is 40.3 Å². The van der Waals surface area contributed by atoms with Gasteiger partial charge in [-0.3, -0.25) is 9.59 Å². The van der Waals surface area contributed by atoms with Crippen LogP contribution in [0.15, 0.2) is 518 Å². The molecule has 1 aliphatic heterocycles. The number of hydrogen-bond donors (Lipinski definition) is 4. The summed E-state index contributed by atoms with van der Waals surface area (Å²) in [6.45, 7) is 0. The van der Waals surface area contributed by atoms with Gasteiger partial charge in [-0.2, -0.15) is 0 Å². The Bertz CT molecular complexity index is 11300. The third-order valence-electron chi connectivity index (χ3n) is 27.2. The number of hydrogen-bond acceptors (Lipinski definition) is 6. The lowest BCUT2D eigenvalue weighted by molar-refractivity contribution is -0.131. The average molecular weight is 2120 g/mol. The van der Waals surface area contributed by atoms with Crippen LogP contribution in [0.5, 0.6) is 0 Å². The number of halogens is 3. The maximum absolute atomic E-state index is 10.4. The van der Waals surface area contributed by atoms with Crippen molar-refractivity contribution in [2.45, 2.75) is 12.8 Å². The third kappa shape index (κ3) is 18.8. The molecule has 1 aliphatic rings. The smallest absolute Gasteiger partial charge is 0.423 e. The molecule has 0 radical (unpaired) electrons. The second-order valence-electron chi connectivity index (χ2n) is 35.9. The lowest BCUT2D eigenvalue weighted by Gasteiger charge is -2.20. The molecule has 0 bridgehead atoms. The van der Waals surface area contributed by atoms with Crippen LogP contribution in [0.2, 0.25) is 0 Å². The molecular formula is C136H92B2Br3NO6. The van der Waals surface area contributed by atoms with E-state index in [1.807, 2.05) is 176 Å². The van der Waals surface area contributed by atoms with Gasteiger partial charge in [0.25, 0.3) is 0 Å². The van der Waals surface area contributed by atoms with Crippen LogP contribution in [0.25, 0.3) is 238 Å². The van der Waals surface area contributed by atoms with E-state index in [1.165, 1.54) is 74.5 Å². The van der Waals surface area contributed by atoms with Crippen LogP contribution < -0.4 is 10.9 Å². The zero-order valence-electron chi connectivity index (χ0n) is 98.7. The van der Waals surface area contributed by atoms with E-state index in [0.717, 1.165) is 143 Å². The van der Waals surface area contributed by atoms with Crippen molar-refractivity contribution in [1.29, 1.82) is 0 Å². The van der Waals surface area contributed by atoms with Gasteiger partial charge in [0.15, 0.2) is 0 Å². The van der Waals surface area contributed by atoms with E-state index in [9.17, 15) is 19.6 Å². The van der Waals surface area contributed by atoms with E-state index >= 15 is 0 Å². The summed E-state index contributed by atoms with van der Waals surface area (Å²) in [6.07, 6.45) is 0.703. The zero-order valence-corrected chi connectivity index (χ0v) is 83.5. The Balaban J connectivity index is 0.000000110. The van der Waals surface area contributed by atoms with Crippen LogP contribution in [0.3, 0.4) is 0 Å². The molecule has 0 spiro atoms. The topological polar surface area (TPSA) is 118 Å². The summed E-state index contributed by atoms with van der Waals surface area (Å²) in [6, 6.07) is 125. The largest absolute Gasteiger partial charge is 0.489 e. The first-order valence-corrected chi connectivity index (χ1v) is 50.2. The molecule has 1 saturated heterocycles. The zero-order chi connectivity index (χ0) is 118. The minimum absolute atomic E-state index is 0.144. The first-order chi connectivity index (χ1) is 80.9. The van der Waals surface area contributed by atoms with Crippen molar-refractivity contribution in [1.82, 2.24) is 3.93 Å². The molecule has 29 rings (SSSR count). The molecule has 0 aliphatic carbocycles. The minimum Gasteiger partial charge on any atom is -0.423 e. The molecule has 0 unspecified atom stereocenters. The van der Waals surface area contributed by atoms with Crippen LogP contribution in [-0.4, -0.2) is 50.1 Å². The van der Waals surface area contributed by atoms with Crippen LogP contribution in [-0.2, 0) is 9.59 Å². The first-order valence-electron chi connectivity index (χ1n) is 57.9. The molecule has 0 aromatic heterocycles. The number of imide groups is 1. The van der Waals surface area contributed by atoms with Crippen molar-refractivity contribution >= 4 is 279 Å². The Morgan fingerprint density at radius 2 is 0.486 bits per heavy atom. The van der Waals surface area contributed by atoms with Crippen molar-refractivity contribution in [3.05, 3.63) is 518 Å². The fourth-order valence-electron chi connectivity index (χ4n) is 20.3. The van der Waals surface area contributed by atoms with Crippen molar-refractivity contribution in [2.24, 2.45) is 0 Å². The Kier molecular flexibility index (Phi) is 21.0. The molecule has 2 amide bonds. The quantitative estimate of drug-likeness (QED) is 0.0433. The maximum atomic E-state index is 10.4. The molecule has 1 heterocycles. The predicted molar refractivity (Wildman–Crippen MR) is 641 cm³/mol. The lowest BCUT2D eigenvalue weighted by Crippen LogP contribution is -2.30. The van der Waals surface area contributed by atoms with Gasteiger partial charge in [0, 0.05) is 21.8 Å². The van der Waals surface area contributed by atoms with E-state index < -0.39 is 56.0 Å². The number of amides is 2. The lowest BCUT2D eigenvalue weighted by atomic mass is 9.76. The number of benzene rings is 28. The van der Waals surface area contributed by atoms with Gasteiger partial charge in [0.1, 0.15) is 0 Å². The summed E-state index contributed by atoms with van der Waals surface area (Å²) >= 11 is 10.3. The van der Waals surface area contributed by atoms with E-state index in [4.69, 9.17) is 37.5 Å². The molecule has 4 N–H and O–H groups in total. The van der Waals surface area contributed by atoms with Crippen molar-refractivity contribution in [3.63, 3.8) is 0 Å². The summed E-state index contributed by atoms with van der Waals surface area (Å²) in [7, 11) is -3.52. The molecule has 0 saturated carbocycles. The average Bonchev–Trinajstić information content (AvgIpc) is 0.750. The number of nitrogens with zero attached hydrogens (tertiary/aromatic N) is 1. The molecule has 1 fully saturated rings. The minimum atomic E-state index is -2.07. The fourth-order valence-corrected chi connectivity index (χ4v) is 22.1. The van der Waals surface area contributed by atoms with Gasteiger partial charge in [-0.25, -0.2) is 3.93 Å². The first kappa shape index (κ1) is 74.3. The highest BCUT2D eigenvalue weighted by molar-refractivity contribution is 9.11. The van der Waals surface area contributed by atoms with Gasteiger partial charge in [0.05, 0.1) is 43.6 Å². The molecule has 28 aromatic carbocycles. The second kappa shape index (κ2) is 41.8. The molecule has 12 heteroatoms. The van der Waals surface area contributed by atoms with Crippen molar-refractivity contribution in [3.8, 4) is 44.5 Å². The van der Waals surface area contributed by atoms with E-state index in [1.54, 1.807) is 6.07 Å². The Morgan fingerprint density at radius 3 is 0.912 bits per heavy atom. The van der Waals surface area contributed by atoms with Gasteiger partial charge >= 0.3 is 14.2 Å². The van der Waals surface area contributed by atoms with Crippen molar-refractivity contribution < 1.29 is 57.1 Å². The normalized spacial score (nSPS) is 13.7. The SMILES string of the molecule is Brc1c2ccccc2cc2cc3ccccc3cc12.O=C1CCC(=O)N1Br.OB(O)c1cccc2c1ccc1cc3ccccc3cc12.[2H]c1c([2H])c([2H])c(-c2c3ccccc3c(-c3cccc4c3ccc3cc5ccccc5cc34)c3cc4ccccc4cc23)c([2H])c1[2H].[2H]c1c([2H])c([2H])c(-c2c3ccccc3c(Br)c3cc4ccccc4cc23)c([2H])c1[2H].[2H]c1c([2H])c([2H])c(-c2c3ccccc3cc3cc4ccccc4cc23)c([2H])c1[2H].[2H]c1c([2H])c([2H])c(B(O)O)c([2H])c1[2H]. The van der Waals surface area contributed by atoms with Gasteiger partial charge < -0.3 is 20.1 Å². The van der Waals surface area contributed by atoms with Gasteiger partial charge in [0.2, 0.25) is 11.8 Å². The molecule has 0 atom stereocenters. The second-order valence-corrected chi connectivity index (χ2v) is 38.2. The Morgan fingerprint density at radius 1 is 0.209 bits per heavy atom. The Labute approximate surface area is 909 Å². The summed E-state index contributed by atoms with van der Waals surface area (Å²) in [4.78, 5) is 20.9. The van der Waals surface area contributed by atoms with E-state index in [2.05, 4.69) is 254 Å². The standard InChI is InChI=1S/C42H26.C24H15Br.C24H16.C18H13BO2.C18H11Br.C6H7BO2.C4H4BrNO2/c1-2-11-27(12-3-1)41-36-17-8-9-18-37(36)42(40-26-31-16-7-6-15-30(31)25-39(40)41)35-20-10-19-33-34(35)22-21-32-23-28-13-4-5-14-29(28)24-38(32)33;25-24-20-13-7-6-12-19(20)23(16-8-2-1-3-9-16)21-14-17-10-4-5-11-18(17)15-22(21)24;1-2-8-17(9-3-1)24-22-13-7-6-12-20(22)15-21-14-18-10-4-5-11-19(18)16-23(21)24;20-19(21)18-7-3-6-15-16(18)9-8-14-10-12-4-1-2-5-13(12)11-17(14)15;19-18-16-8-4-3-7-14(16)10-15-9-12-5-1-2-6-13(12)11-17(15)18;8-7(9)6-4-2-1-3-5-6;5-6-3(7)1-2-4(6)8/h1-26H;1-15H;1-16H;1-11,20-21H;1-11H;1-5,8-9H;1-2H2/i1D,2D,3D,11D,12D;2*1D,2D,3D,8D,9D;;;1D,2D,3D,4D,5D;. The van der Waals surface area contributed by atoms with Gasteiger partial charge in [-0.15, -0.1) is 0 Å². The van der Waals surface area contributed by atoms with Crippen LogP contribution >= 0.6 is 48.0 Å². The highest BCUT2D eigenvalue weighted by atomic mass is 79.9. The fraction of sp³-hybridized carbons (Fsp3) is 0.0147. The highest BCUT2D eigenvalue weighted by Crippen LogP contribution is 2.50. The molecule has 148 heavy (non-hydrogen) atoms. The monoisotopic (exact) mass is 2110 g/mol. The number of carbonyl (C=O) groups excluding carboxylic acids is 2. The number of rotatable bonds is 6. The van der Waals surface area contributed by atoms with E-state index in [-0.39, 0.29) is 113 Å². The number of carbonyl (C=O) groups is 2. The Hall–Kier alpha value is -16.6. The van der Waals surface area contributed by atoms with Crippen LogP contribution in [0.4, 0.5) is 0 Å². The highest BCUT2D eigenvalue weighted by Gasteiger charge is 2.27. The van der Waals surface area contributed by atoms with Crippen LogP contribution in [0, 0.1) is 0 Å². The molecule has 704 valence electrons. The molecular weight excluding hydrogens is 2000 g/mol. The van der Waals surface area contributed by atoms with Gasteiger partial charge in [-0.1, -0.05) is 424 Å².